The highest BCUT2D eigenvalue weighted by atomic mass is 16.1. The number of carbonyl (C=O) groups is 1. The molecule has 2 fully saturated rings. The molecule has 1 heterocycles. The van der Waals surface area contributed by atoms with Crippen molar-refractivity contribution in [3.8, 4) is 0 Å². The van der Waals surface area contributed by atoms with Crippen LogP contribution in [0.25, 0.3) is 10.8 Å². The lowest BCUT2D eigenvalue weighted by Gasteiger charge is -2.30. The Morgan fingerprint density at radius 2 is 1.67 bits per heavy atom. The standard InChI is InChI=1S/C30H42N2O/c1-3-16-30(17-4-2)26-14-15-27(24-12-8-13-25(28(24)26)29(30)33)32-19-9-18-31(20-21-32)22-23-10-6-5-7-11-23/h8,12-15,23H,3-7,9-11,16-22H2,1-2H3. The van der Waals surface area contributed by atoms with E-state index in [0.717, 1.165) is 56.8 Å². The van der Waals surface area contributed by atoms with Crippen molar-refractivity contribution in [2.45, 2.75) is 83.5 Å². The molecule has 2 aromatic carbocycles. The van der Waals surface area contributed by atoms with E-state index in [2.05, 4.69) is 54.0 Å². The third kappa shape index (κ3) is 4.11. The molecule has 3 aliphatic rings. The van der Waals surface area contributed by atoms with Crippen LogP contribution in [-0.2, 0) is 5.41 Å². The number of anilines is 1. The van der Waals surface area contributed by atoms with Gasteiger partial charge in [-0.25, -0.2) is 0 Å². The summed E-state index contributed by atoms with van der Waals surface area (Å²) in [6.07, 6.45) is 12.4. The highest BCUT2D eigenvalue weighted by Gasteiger charge is 2.46. The average Bonchev–Trinajstić information content (AvgIpc) is 2.97. The fourth-order valence-electron chi connectivity index (χ4n) is 7.24. The maximum atomic E-state index is 13.7. The summed E-state index contributed by atoms with van der Waals surface area (Å²) in [5.41, 5.74) is 3.31. The van der Waals surface area contributed by atoms with Crippen LogP contribution in [-0.4, -0.2) is 43.4 Å². The van der Waals surface area contributed by atoms with Gasteiger partial charge in [0.1, 0.15) is 0 Å². The van der Waals surface area contributed by atoms with Crippen LogP contribution in [0.3, 0.4) is 0 Å². The van der Waals surface area contributed by atoms with Crippen LogP contribution in [0.15, 0.2) is 30.3 Å². The molecule has 0 spiro atoms. The SMILES string of the molecule is CCCC1(CCC)C(=O)c2cccc3c(N4CCCN(CC5CCCCC5)CC4)ccc1c23. The van der Waals surface area contributed by atoms with Gasteiger partial charge in [0.15, 0.2) is 5.78 Å². The Bertz CT molecular complexity index is 984. The molecule has 0 radical (unpaired) electrons. The largest absolute Gasteiger partial charge is 0.370 e. The predicted molar refractivity (Wildman–Crippen MR) is 140 cm³/mol. The molecule has 3 heteroatoms. The second-order valence-electron chi connectivity index (χ2n) is 10.9. The molecule has 5 rings (SSSR count). The smallest absolute Gasteiger partial charge is 0.174 e. The number of ketones is 1. The van der Waals surface area contributed by atoms with Crippen molar-refractivity contribution in [1.82, 2.24) is 4.90 Å². The molecule has 1 saturated carbocycles. The summed E-state index contributed by atoms with van der Waals surface area (Å²) in [6.45, 7) is 10.3. The van der Waals surface area contributed by atoms with E-state index in [1.165, 1.54) is 73.6 Å². The molecule has 0 aromatic heterocycles. The monoisotopic (exact) mass is 446 g/mol. The fourth-order valence-corrected chi connectivity index (χ4v) is 7.24. The van der Waals surface area contributed by atoms with Crippen LogP contribution in [0.2, 0.25) is 0 Å². The summed E-state index contributed by atoms with van der Waals surface area (Å²) in [6, 6.07) is 11.1. The first-order valence-corrected chi connectivity index (χ1v) is 13.8. The lowest BCUT2D eigenvalue weighted by Crippen LogP contribution is -2.34. The van der Waals surface area contributed by atoms with Crippen molar-refractivity contribution < 1.29 is 4.79 Å². The summed E-state index contributed by atoms with van der Waals surface area (Å²) >= 11 is 0. The second-order valence-corrected chi connectivity index (χ2v) is 10.9. The molecule has 2 aliphatic carbocycles. The lowest BCUT2D eigenvalue weighted by atomic mass is 9.73. The van der Waals surface area contributed by atoms with Crippen LogP contribution < -0.4 is 4.90 Å². The van der Waals surface area contributed by atoms with Crippen LogP contribution in [0.5, 0.6) is 0 Å². The van der Waals surface area contributed by atoms with E-state index in [0.29, 0.717) is 5.78 Å². The molecule has 1 saturated heterocycles. The van der Waals surface area contributed by atoms with Gasteiger partial charge < -0.3 is 9.80 Å². The summed E-state index contributed by atoms with van der Waals surface area (Å²) in [4.78, 5) is 19.1. The maximum Gasteiger partial charge on any atom is 0.174 e. The van der Waals surface area contributed by atoms with E-state index in [1.807, 2.05) is 0 Å². The number of Topliss-reactive ketones (excluding diaryl/α,β-unsaturated/α-hetero) is 1. The Hall–Kier alpha value is -1.87. The van der Waals surface area contributed by atoms with Gasteiger partial charge in [-0.3, -0.25) is 4.79 Å². The Labute approximate surface area is 200 Å². The molecule has 3 nitrogen and oxygen atoms in total. The predicted octanol–water partition coefficient (Wildman–Crippen LogP) is 6.97. The van der Waals surface area contributed by atoms with Crippen molar-refractivity contribution in [3.63, 3.8) is 0 Å². The van der Waals surface area contributed by atoms with Gasteiger partial charge in [-0.05, 0) is 61.6 Å². The Kier molecular flexibility index (Phi) is 6.79. The maximum absolute atomic E-state index is 13.7. The molecular weight excluding hydrogens is 404 g/mol. The number of carbonyl (C=O) groups excluding carboxylic acids is 1. The number of hydrogen-bond acceptors (Lipinski definition) is 3. The Morgan fingerprint density at radius 3 is 2.42 bits per heavy atom. The van der Waals surface area contributed by atoms with Crippen molar-refractivity contribution in [3.05, 3.63) is 41.5 Å². The minimum Gasteiger partial charge on any atom is -0.370 e. The summed E-state index contributed by atoms with van der Waals surface area (Å²) in [7, 11) is 0. The van der Waals surface area contributed by atoms with E-state index in [4.69, 9.17) is 0 Å². The third-order valence-electron chi connectivity index (χ3n) is 8.74. The van der Waals surface area contributed by atoms with Crippen LogP contribution in [0, 0.1) is 5.92 Å². The van der Waals surface area contributed by atoms with Crippen molar-refractivity contribution in [2.75, 3.05) is 37.6 Å². The van der Waals surface area contributed by atoms with E-state index in [1.54, 1.807) is 0 Å². The normalized spacial score (nSPS) is 21.6. The van der Waals surface area contributed by atoms with Gasteiger partial charge in [0, 0.05) is 42.8 Å². The molecule has 0 atom stereocenters. The average molecular weight is 447 g/mol. The van der Waals surface area contributed by atoms with E-state index < -0.39 is 0 Å². The second kappa shape index (κ2) is 9.78. The summed E-state index contributed by atoms with van der Waals surface area (Å²) < 4.78 is 0. The highest BCUT2D eigenvalue weighted by molar-refractivity contribution is 6.22. The quantitative estimate of drug-likeness (QED) is 0.459. The van der Waals surface area contributed by atoms with Gasteiger partial charge in [-0.2, -0.15) is 0 Å². The number of hydrogen-bond donors (Lipinski definition) is 0. The summed E-state index contributed by atoms with van der Waals surface area (Å²) in [5.74, 6) is 1.29. The topological polar surface area (TPSA) is 23.6 Å². The van der Waals surface area contributed by atoms with E-state index in [-0.39, 0.29) is 5.41 Å². The zero-order valence-corrected chi connectivity index (χ0v) is 20.9. The molecular formula is C30H42N2O. The molecule has 2 aromatic rings. The third-order valence-corrected chi connectivity index (χ3v) is 8.74. The fraction of sp³-hybridized carbons (Fsp3) is 0.633. The van der Waals surface area contributed by atoms with Crippen molar-refractivity contribution in [1.29, 1.82) is 0 Å². The van der Waals surface area contributed by atoms with Gasteiger partial charge in [0.25, 0.3) is 0 Å². The Balaban J connectivity index is 1.43. The van der Waals surface area contributed by atoms with Gasteiger partial charge >= 0.3 is 0 Å². The first-order chi connectivity index (χ1) is 16.2. The molecule has 0 N–H and O–H groups in total. The van der Waals surface area contributed by atoms with Crippen LogP contribution in [0.4, 0.5) is 5.69 Å². The lowest BCUT2D eigenvalue weighted by molar-refractivity contribution is 0.0874. The van der Waals surface area contributed by atoms with E-state index in [9.17, 15) is 4.79 Å². The van der Waals surface area contributed by atoms with Gasteiger partial charge in [0.05, 0.1) is 5.41 Å². The van der Waals surface area contributed by atoms with Crippen molar-refractivity contribution >= 4 is 22.2 Å². The molecule has 1 aliphatic heterocycles. The zero-order valence-electron chi connectivity index (χ0n) is 20.9. The number of nitrogens with zero attached hydrogens (tertiary/aromatic N) is 2. The van der Waals surface area contributed by atoms with E-state index >= 15 is 0 Å². The molecule has 0 amide bonds. The molecule has 0 unspecified atom stereocenters. The van der Waals surface area contributed by atoms with Crippen molar-refractivity contribution in [2.24, 2.45) is 5.92 Å². The first kappa shape index (κ1) is 22.9. The van der Waals surface area contributed by atoms with Gasteiger partial charge in [-0.15, -0.1) is 0 Å². The first-order valence-electron chi connectivity index (χ1n) is 13.8. The van der Waals surface area contributed by atoms with Crippen LogP contribution >= 0.6 is 0 Å². The molecule has 0 bridgehead atoms. The zero-order chi connectivity index (χ0) is 22.8. The highest BCUT2D eigenvalue weighted by Crippen LogP contribution is 2.49. The number of rotatable bonds is 7. The van der Waals surface area contributed by atoms with Crippen LogP contribution in [0.1, 0.15) is 94.0 Å². The minimum absolute atomic E-state index is 0.306. The summed E-state index contributed by atoms with van der Waals surface area (Å²) in [5, 5.41) is 2.55. The number of benzene rings is 2. The van der Waals surface area contributed by atoms with Gasteiger partial charge in [0.2, 0.25) is 0 Å². The van der Waals surface area contributed by atoms with Gasteiger partial charge in [-0.1, -0.05) is 70.2 Å². The molecule has 178 valence electrons. The minimum atomic E-state index is -0.306. The Morgan fingerprint density at radius 1 is 0.879 bits per heavy atom. The molecule has 33 heavy (non-hydrogen) atoms.